The molecule has 2 aromatic carbocycles. The van der Waals surface area contributed by atoms with Crippen LogP contribution >= 0.6 is 0 Å². The SMILES string of the molecule is CC[C@H](C(=O)N[C@H](C)COc1ccccc1C)N(c1cccc(C)c1)S(C)(=O)=O. The summed E-state index contributed by atoms with van der Waals surface area (Å²) in [5.41, 5.74) is 2.42. The Morgan fingerprint density at radius 2 is 1.83 bits per heavy atom. The van der Waals surface area contributed by atoms with Gasteiger partial charge in [-0.3, -0.25) is 9.10 Å². The molecule has 158 valence electrons. The number of carbonyl (C=O) groups excluding carboxylic acids is 1. The maximum atomic E-state index is 12.9. The predicted octanol–water partition coefficient (Wildman–Crippen LogP) is 3.43. The van der Waals surface area contributed by atoms with Gasteiger partial charge in [-0.15, -0.1) is 0 Å². The van der Waals surface area contributed by atoms with E-state index in [2.05, 4.69) is 5.32 Å². The molecular formula is C22H30N2O4S. The second-order valence-corrected chi connectivity index (χ2v) is 9.17. The van der Waals surface area contributed by atoms with E-state index in [1.54, 1.807) is 25.1 Å². The zero-order valence-electron chi connectivity index (χ0n) is 17.7. The third-order valence-corrected chi connectivity index (χ3v) is 5.74. The number of carbonyl (C=O) groups is 1. The Morgan fingerprint density at radius 3 is 2.41 bits per heavy atom. The Balaban J connectivity index is 2.13. The number of aryl methyl sites for hydroxylation is 2. The highest BCUT2D eigenvalue weighted by atomic mass is 32.2. The van der Waals surface area contributed by atoms with Gasteiger partial charge < -0.3 is 10.1 Å². The topological polar surface area (TPSA) is 75.7 Å². The van der Waals surface area contributed by atoms with Gasteiger partial charge in [0.25, 0.3) is 0 Å². The Morgan fingerprint density at radius 1 is 1.14 bits per heavy atom. The van der Waals surface area contributed by atoms with Crippen LogP contribution in [0.25, 0.3) is 0 Å². The van der Waals surface area contributed by atoms with Gasteiger partial charge in [-0.05, 0) is 56.5 Å². The summed E-state index contributed by atoms with van der Waals surface area (Å²) < 4.78 is 32.0. The molecule has 0 saturated carbocycles. The van der Waals surface area contributed by atoms with Crippen molar-refractivity contribution in [3.05, 3.63) is 59.7 Å². The summed E-state index contributed by atoms with van der Waals surface area (Å²) in [5, 5.41) is 2.89. The second kappa shape index (κ2) is 9.78. The minimum absolute atomic E-state index is 0.282. The van der Waals surface area contributed by atoms with Crippen molar-refractivity contribution in [3.63, 3.8) is 0 Å². The lowest BCUT2D eigenvalue weighted by molar-refractivity contribution is -0.123. The summed E-state index contributed by atoms with van der Waals surface area (Å²) in [5.74, 6) is 0.415. The van der Waals surface area contributed by atoms with E-state index >= 15 is 0 Å². The average Bonchev–Trinajstić information content (AvgIpc) is 2.64. The number of para-hydroxylation sites is 1. The van der Waals surface area contributed by atoms with E-state index in [4.69, 9.17) is 4.74 Å². The van der Waals surface area contributed by atoms with Gasteiger partial charge in [0.15, 0.2) is 0 Å². The molecule has 0 bridgehead atoms. The van der Waals surface area contributed by atoms with Crippen molar-refractivity contribution >= 4 is 21.6 Å². The van der Waals surface area contributed by atoms with E-state index in [9.17, 15) is 13.2 Å². The number of amides is 1. The Kier molecular flexibility index (Phi) is 7.67. The fourth-order valence-electron chi connectivity index (χ4n) is 3.14. The lowest BCUT2D eigenvalue weighted by atomic mass is 10.1. The lowest BCUT2D eigenvalue weighted by Gasteiger charge is -2.31. The quantitative estimate of drug-likeness (QED) is 0.677. The second-order valence-electron chi connectivity index (χ2n) is 7.31. The van der Waals surface area contributed by atoms with Crippen molar-refractivity contribution in [1.82, 2.24) is 5.32 Å². The van der Waals surface area contributed by atoms with Gasteiger partial charge in [0, 0.05) is 0 Å². The number of nitrogens with zero attached hydrogens (tertiary/aromatic N) is 1. The van der Waals surface area contributed by atoms with Crippen LogP contribution in [-0.2, 0) is 14.8 Å². The van der Waals surface area contributed by atoms with Crippen LogP contribution in [0.15, 0.2) is 48.5 Å². The molecule has 2 rings (SSSR count). The van der Waals surface area contributed by atoms with Gasteiger partial charge in [-0.1, -0.05) is 37.3 Å². The monoisotopic (exact) mass is 418 g/mol. The van der Waals surface area contributed by atoms with Gasteiger partial charge in [-0.2, -0.15) is 0 Å². The molecule has 29 heavy (non-hydrogen) atoms. The maximum absolute atomic E-state index is 12.9. The molecule has 0 aromatic heterocycles. The molecule has 0 aliphatic rings. The van der Waals surface area contributed by atoms with Crippen LogP contribution in [0.3, 0.4) is 0 Å². The lowest BCUT2D eigenvalue weighted by Crippen LogP contribution is -2.52. The van der Waals surface area contributed by atoms with Crippen molar-refractivity contribution in [2.75, 3.05) is 17.2 Å². The van der Waals surface area contributed by atoms with Gasteiger partial charge >= 0.3 is 0 Å². The number of rotatable bonds is 9. The van der Waals surface area contributed by atoms with Gasteiger partial charge in [0.2, 0.25) is 15.9 Å². The third kappa shape index (κ3) is 6.22. The Hall–Kier alpha value is -2.54. The average molecular weight is 419 g/mol. The number of sulfonamides is 1. The van der Waals surface area contributed by atoms with Crippen molar-refractivity contribution in [1.29, 1.82) is 0 Å². The molecule has 0 unspecified atom stereocenters. The molecule has 2 atom stereocenters. The first-order valence-electron chi connectivity index (χ1n) is 9.68. The van der Waals surface area contributed by atoms with E-state index in [0.29, 0.717) is 12.1 Å². The zero-order valence-corrected chi connectivity index (χ0v) is 18.5. The molecule has 0 fully saturated rings. The first-order chi connectivity index (χ1) is 13.6. The molecule has 0 aliphatic heterocycles. The van der Waals surface area contributed by atoms with Crippen LogP contribution in [0.4, 0.5) is 5.69 Å². The highest BCUT2D eigenvalue weighted by molar-refractivity contribution is 7.92. The van der Waals surface area contributed by atoms with E-state index in [1.165, 1.54) is 4.31 Å². The Labute approximate surface area is 173 Å². The van der Waals surface area contributed by atoms with Crippen LogP contribution in [0.5, 0.6) is 5.75 Å². The first kappa shape index (κ1) is 22.7. The van der Waals surface area contributed by atoms with Gasteiger partial charge in [0.1, 0.15) is 18.4 Å². The third-order valence-electron chi connectivity index (χ3n) is 4.56. The number of nitrogens with one attached hydrogen (secondary N) is 1. The molecule has 0 saturated heterocycles. The van der Waals surface area contributed by atoms with Crippen LogP contribution in [0.1, 0.15) is 31.4 Å². The number of anilines is 1. The molecular weight excluding hydrogens is 388 g/mol. The van der Waals surface area contributed by atoms with E-state index in [1.807, 2.05) is 51.1 Å². The maximum Gasteiger partial charge on any atom is 0.244 e. The molecule has 1 N–H and O–H groups in total. The zero-order chi connectivity index (χ0) is 21.6. The molecule has 6 nitrogen and oxygen atoms in total. The van der Waals surface area contributed by atoms with Crippen LogP contribution in [0.2, 0.25) is 0 Å². The Bertz CT molecular complexity index is 943. The molecule has 1 amide bonds. The minimum Gasteiger partial charge on any atom is -0.491 e. The van der Waals surface area contributed by atoms with Crippen LogP contribution in [0, 0.1) is 13.8 Å². The van der Waals surface area contributed by atoms with Gasteiger partial charge in [0.05, 0.1) is 18.0 Å². The smallest absolute Gasteiger partial charge is 0.244 e. The molecule has 0 heterocycles. The normalized spacial score (nSPS) is 13.4. The molecule has 0 aliphatic carbocycles. The number of hydrogen-bond acceptors (Lipinski definition) is 4. The summed E-state index contributed by atoms with van der Waals surface area (Å²) >= 11 is 0. The van der Waals surface area contributed by atoms with Crippen LogP contribution in [-0.4, -0.2) is 39.3 Å². The standard InChI is InChI=1S/C22H30N2O4S/c1-6-20(24(29(5,26)27)19-12-9-10-16(2)14-19)22(25)23-18(4)15-28-21-13-8-7-11-17(21)3/h7-14,18,20H,6,15H2,1-5H3,(H,23,25)/t18-,20-/m1/s1. The summed E-state index contributed by atoms with van der Waals surface area (Å²) in [6.45, 7) is 7.76. The molecule has 2 aromatic rings. The highest BCUT2D eigenvalue weighted by Gasteiger charge is 2.32. The van der Waals surface area contributed by atoms with E-state index in [-0.39, 0.29) is 18.6 Å². The first-order valence-corrected chi connectivity index (χ1v) is 11.5. The predicted molar refractivity (Wildman–Crippen MR) is 117 cm³/mol. The number of ether oxygens (including phenoxy) is 1. The minimum atomic E-state index is -3.65. The molecule has 7 heteroatoms. The summed E-state index contributed by atoms with van der Waals surface area (Å²) in [4.78, 5) is 12.9. The fourth-order valence-corrected chi connectivity index (χ4v) is 4.34. The summed E-state index contributed by atoms with van der Waals surface area (Å²) in [6, 6.07) is 13.7. The fraction of sp³-hybridized carbons (Fsp3) is 0.409. The van der Waals surface area contributed by atoms with Crippen molar-refractivity contribution < 1.29 is 17.9 Å². The number of hydrogen-bond donors (Lipinski definition) is 1. The summed E-state index contributed by atoms with van der Waals surface area (Å²) in [6.07, 6.45) is 1.47. The van der Waals surface area contributed by atoms with E-state index in [0.717, 1.165) is 23.1 Å². The highest BCUT2D eigenvalue weighted by Crippen LogP contribution is 2.23. The van der Waals surface area contributed by atoms with Crippen molar-refractivity contribution in [2.45, 2.75) is 46.2 Å². The largest absolute Gasteiger partial charge is 0.491 e. The molecule has 0 radical (unpaired) electrons. The van der Waals surface area contributed by atoms with Crippen molar-refractivity contribution in [2.24, 2.45) is 0 Å². The number of benzene rings is 2. The van der Waals surface area contributed by atoms with Crippen molar-refractivity contribution in [3.8, 4) is 5.75 Å². The van der Waals surface area contributed by atoms with Crippen LogP contribution < -0.4 is 14.4 Å². The van der Waals surface area contributed by atoms with Gasteiger partial charge in [-0.25, -0.2) is 8.42 Å². The van der Waals surface area contributed by atoms with E-state index < -0.39 is 16.1 Å². The molecule has 0 spiro atoms. The summed E-state index contributed by atoms with van der Waals surface area (Å²) in [7, 11) is -3.65.